The van der Waals surface area contributed by atoms with Crippen molar-refractivity contribution in [3.05, 3.63) is 76.2 Å². The van der Waals surface area contributed by atoms with Gasteiger partial charge in [0.25, 0.3) is 5.56 Å². The van der Waals surface area contributed by atoms with Crippen LogP contribution < -0.4 is 10.5 Å². The summed E-state index contributed by atoms with van der Waals surface area (Å²) < 4.78 is 29.2. The van der Waals surface area contributed by atoms with Crippen LogP contribution in [0, 0.1) is 11.6 Å². The Morgan fingerprint density at radius 3 is 2.84 bits per heavy atom. The number of β-amino-alcohol motifs (C(OH)–C–C–N with tert-alkyl or cyclic N) is 1. The van der Waals surface area contributed by atoms with E-state index in [2.05, 4.69) is 4.98 Å². The molecule has 2 aromatic heterocycles. The lowest BCUT2D eigenvalue weighted by atomic mass is 10.0. The van der Waals surface area contributed by atoms with Gasteiger partial charge in [-0.2, -0.15) is 0 Å². The zero-order valence-electron chi connectivity index (χ0n) is 13.1. The predicted octanol–water partition coefficient (Wildman–Crippen LogP) is 2.29. The first-order valence-electron chi connectivity index (χ1n) is 7.91. The van der Waals surface area contributed by atoms with E-state index < -0.39 is 23.8 Å². The van der Waals surface area contributed by atoms with E-state index in [0.717, 1.165) is 18.2 Å². The molecule has 0 radical (unpaired) electrons. The van der Waals surface area contributed by atoms with Crippen molar-refractivity contribution >= 4 is 11.5 Å². The van der Waals surface area contributed by atoms with Gasteiger partial charge in [0.1, 0.15) is 23.1 Å². The smallest absolute Gasteiger partial charge is 0.259 e. The molecule has 1 aliphatic heterocycles. The average Bonchev–Trinajstić information content (AvgIpc) is 2.99. The number of pyridine rings is 1. The Morgan fingerprint density at radius 2 is 2.00 bits per heavy atom. The molecular weight excluding hydrogens is 328 g/mol. The first kappa shape index (κ1) is 15.7. The number of rotatable bonds is 2. The number of hydrogen-bond acceptors (Lipinski definition) is 4. The molecule has 7 heteroatoms. The van der Waals surface area contributed by atoms with Gasteiger partial charge in [0.2, 0.25) is 0 Å². The van der Waals surface area contributed by atoms with E-state index in [1.807, 2.05) is 0 Å². The molecule has 0 unspecified atom stereocenters. The summed E-state index contributed by atoms with van der Waals surface area (Å²) in [4.78, 5) is 18.4. The molecule has 0 bridgehead atoms. The van der Waals surface area contributed by atoms with Crippen LogP contribution in [0.5, 0.6) is 0 Å². The third-order valence-electron chi connectivity index (χ3n) is 4.45. The maximum atomic E-state index is 14.2. The van der Waals surface area contributed by atoms with Crippen LogP contribution in [0.1, 0.15) is 18.0 Å². The fourth-order valence-electron chi connectivity index (χ4n) is 3.32. The third kappa shape index (κ3) is 2.76. The van der Waals surface area contributed by atoms with Gasteiger partial charge in [-0.15, -0.1) is 0 Å². The molecule has 0 aliphatic carbocycles. The van der Waals surface area contributed by atoms with E-state index in [9.17, 15) is 18.7 Å². The molecule has 1 aromatic carbocycles. The molecule has 128 valence electrons. The van der Waals surface area contributed by atoms with Crippen molar-refractivity contribution in [3.63, 3.8) is 0 Å². The van der Waals surface area contributed by atoms with Gasteiger partial charge in [-0.05, 0) is 36.8 Å². The van der Waals surface area contributed by atoms with Gasteiger partial charge >= 0.3 is 0 Å². The molecule has 1 saturated heterocycles. The molecule has 4 rings (SSSR count). The fraction of sp³-hybridized carbons (Fsp3) is 0.222. The van der Waals surface area contributed by atoms with Gasteiger partial charge in [0.15, 0.2) is 0 Å². The van der Waals surface area contributed by atoms with Crippen molar-refractivity contribution < 1.29 is 13.9 Å². The summed E-state index contributed by atoms with van der Waals surface area (Å²) in [6, 6.07) is 9.16. The molecule has 0 spiro atoms. The van der Waals surface area contributed by atoms with E-state index >= 15 is 0 Å². The summed E-state index contributed by atoms with van der Waals surface area (Å²) in [6.07, 6.45) is 1.12. The second kappa shape index (κ2) is 5.93. The van der Waals surface area contributed by atoms with E-state index in [4.69, 9.17) is 0 Å². The van der Waals surface area contributed by atoms with Crippen LogP contribution in [0.15, 0.2) is 53.5 Å². The Balaban J connectivity index is 1.83. The third-order valence-corrected chi connectivity index (χ3v) is 4.45. The van der Waals surface area contributed by atoms with Gasteiger partial charge in [0.05, 0.1) is 12.1 Å². The quantitative estimate of drug-likeness (QED) is 0.776. The zero-order valence-corrected chi connectivity index (χ0v) is 13.1. The highest BCUT2D eigenvalue weighted by Gasteiger charge is 2.35. The number of halogens is 2. The Labute approximate surface area is 141 Å². The van der Waals surface area contributed by atoms with Crippen molar-refractivity contribution in [2.24, 2.45) is 0 Å². The first-order chi connectivity index (χ1) is 12.0. The highest BCUT2D eigenvalue weighted by Crippen LogP contribution is 2.36. The monoisotopic (exact) mass is 343 g/mol. The first-order valence-corrected chi connectivity index (χ1v) is 7.91. The molecule has 3 heterocycles. The number of aromatic nitrogens is 2. The average molecular weight is 343 g/mol. The number of aliphatic hydroxyl groups is 1. The van der Waals surface area contributed by atoms with Crippen molar-refractivity contribution in [1.82, 2.24) is 9.38 Å². The summed E-state index contributed by atoms with van der Waals surface area (Å²) >= 11 is 0. The van der Waals surface area contributed by atoms with Crippen LogP contribution in [0.3, 0.4) is 0 Å². The topological polar surface area (TPSA) is 57.8 Å². The lowest BCUT2D eigenvalue weighted by Gasteiger charge is -2.26. The van der Waals surface area contributed by atoms with Gasteiger partial charge in [0, 0.05) is 24.4 Å². The van der Waals surface area contributed by atoms with Crippen LogP contribution in [-0.2, 0) is 0 Å². The van der Waals surface area contributed by atoms with Crippen molar-refractivity contribution in [3.8, 4) is 0 Å². The predicted molar refractivity (Wildman–Crippen MR) is 88.5 cm³/mol. The van der Waals surface area contributed by atoms with Crippen LogP contribution in [-0.4, -0.2) is 27.1 Å². The van der Waals surface area contributed by atoms with E-state index in [0.29, 0.717) is 11.5 Å². The highest BCUT2D eigenvalue weighted by molar-refractivity contribution is 5.51. The number of benzene rings is 1. The molecule has 1 N–H and O–H groups in total. The lowest BCUT2D eigenvalue weighted by Crippen LogP contribution is -2.28. The minimum absolute atomic E-state index is 0.145. The maximum absolute atomic E-state index is 14.2. The molecule has 1 aliphatic rings. The Hall–Kier alpha value is -2.80. The minimum atomic E-state index is -0.719. The Kier molecular flexibility index (Phi) is 3.73. The number of hydrogen-bond donors (Lipinski definition) is 1. The summed E-state index contributed by atoms with van der Waals surface area (Å²) in [7, 11) is 0. The van der Waals surface area contributed by atoms with E-state index in [1.54, 1.807) is 29.3 Å². The molecule has 0 saturated carbocycles. The van der Waals surface area contributed by atoms with Crippen molar-refractivity contribution in [2.45, 2.75) is 18.6 Å². The number of nitrogens with zero attached hydrogens (tertiary/aromatic N) is 3. The second-order valence-electron chi connectivity index (χ2n) is 6.10. The van der Waals surface area contributed by atoms with E-state index in [1.165, 1.54) is 10.5 Å². The van der Waals surface area contributed by atoms with Crippen LogP contribution >= 0.6 is 0 Å². The number of anilines is 1. The van der Waals surface area contributed by atoms with Crippen molar-refractivity contribution in [2.75, 3.05) is 11.4 Å². The maximum Gasteiger partial charge on any atom is 0.259 e. The zero-order chi connectivity index (χ0) is 17.6. The van der Waals surface area contributed by atoms with Crippen LogP contribution in [0.2, 0.25) is 0 Å². The SMILES string of the molecule is O=c1cc(N2C[C@@H](O)C[C@H]2c2cc(F)ccc2F)nc2ccccn12. The largest absolute Gasteiger partial charge is 0.391 e. The molecule has 0 amide bonds. The summed E-state index contributed by atoms with van der Waals surface area (Å²) in [6.45, 7) is 0.191. The van der Waals surface area contributed by atoms with E-state index in [-0.39, 0.29) is 24.1 Å². The fourth-order valence-corrected chi connectivity index (χ4v) is 3.32. The van der Waals surface area contributed by atoms with Gasteiger partial charge in [-0.25, -0.2) is 13.8 Å². The minimum Gasteiger partial charge on any atom is -0.391 e. The van der Waals surface area contributed by atoms with Crippen molar-refractivity contribution in [1.29, 1.82) is 0 Å². The summed E-state index contributed by atoms with van der Waals surface area (Å²) in [5.41, 5.74) is 0.317. The molecule has 2 atom stereocenters. The summed E-state index contributed by atoms with van der Waals surface area (Å²) in [5.74, 6) is -0.770. The number of fused-ring (bicyclic) bond motifs is 1. The molecule has 1 fully saturated rings. The molecule has 3 aromatic rings. The van der Waals surface area contributed by atoms with Gasteiger partial charge in [-0.1, -0.05) is 6.07 Å². The number of aliphatic hydroxyl groups excluding tert-OH is 1. The highest BCUT2D eigenvalue weighted by atomic mass is 19.1. The van der Waals surface area contributed by atoms with Gasteiger partial charge in [-0.3, -0.25) is 9.20 Å². The normalized spacial score (nSPS) is 20.4. The molecule has 25 heavy (non-hydrogen) atoms. The summed E-state index contributed by atoms with van der Waals surface area (Å²) in [5, 5.41) is 10.1. The standard InChI is InChI=1S/C18H15F2N3O2/c19-11-4-5-14(20)13(7-11)15-8-12(24)10-23(15)17-9-18(25)22-6-2-1-3-16(22)21-17/h1-7,9,12,15,24H,8,10H2/t12-,15-/m0/s1. The Morgan fingerprint density at radius 1 is 1.16 bits per heavy atom. The lowest BCUT2D eigenvalue weighted by molar-refractivity contribution is 0.194. The molecular formula is C18H15F2N3O2. The molecule has 5 nitrogen and oxygen atoms in total. The second-order valence-corrected chi connectivity index (χ2v) is 6.10. The van der Waals surface area contributed by atoms with Crippen LogP contribution in [0.4, 0.5) is 14.6 Å². The van der Waals surface area contributed by atoms with Crippen LogP contribution in [0.25, 0.3) is 5.65 Å². The Bertz CT molecular complexity index is 1010. The van der Waals surface area contributed by atoms with Gasteiger partial charge < -0.3 is 10.0 Å².